The first kappa shape index (κ1) is 21.4. The standard InChI is InChI=1S/C27H46N2O2/c1-15-13-27(30)24(29-14-15)16(2)23-22(31-27)12-21-19-6-5-17-11-18(28)7-9-25(17,3)20(19)8-10-26(21,23)4/h15-24,29-30H,5-14,28H2,1-4H3/t15-,16?,17+,18+,19?,20?,21+,22?,23?,24?,25+,26+,27-/m1/s1. The Bertz CT molecular complexity index is 730. The first-order chi connectivity index (χ1) is 14.7. The predicted molar refractivity (Wildman–Crippen MR) is 123 cm³/mol. The molecule has 0 spiro atoms. The van der Waals surface area contributed by atoms with E-state index in [-0.39, 0.29) is 12.1 Å². The number of hydrogen-bond donors (Lipinski definition) is 3. The van der Waals surface area contributed by atoms with Crippen molar-refractivity contribution < 1.29 is 9.84 Å². The average Bonchev–Trinajstić information content (AvgIpc) is 2.99. The number of fused-ring (bicyclic) bond motifs is 8. The lowest BCUT2D eigenvalue weighted by Crippen LogP contribution is -2.68. The van der Waals surface area contributed by atoms with Gasteiger partial charge < -0.3 is 20.9 Å². The number of rotatable bonds is 0. The van der Waals surface area contributed by atoms with Crippen LogP contribution in [0.5, 0.6) is 0 Å². The van der Waals surface area contributed by atoms with Crippen LogP contribution in [0.1, 0.15) is 85.5 Å². The highest BCUT2D eigenvalue weighted by molar-refractivity contribution is 5.15. The van der Waals surface area contributed by atoms with Crippen LogP contribution in [-0.4, -0.2) is 35.6 Å². The van der Waals surface area contributed by atoms with Crippen LogP contribution in [-0.2, 0) is 4.74 Å². The van der Waals surface area contributed by atoms with Gasteiger partial charge in [-0.25, -0.2) is 0 Å². The normalized spacial score (nSPS) is 63.3. The zero-order valence-electron chi connectivity index (χ0n) is 20.3. The topological polar surface area (TPSA) is 67.5 Å². The molecule has 6 aliphatic rings. The van der Waals surface area contributed by atoms with E-state index in [0.717, 1.165) is 36.6 Å². The summed E-state index contributed by atoms with van der Waals surface area (Å²) in [6.07, 6.45) is 11.5. The van der Waals surface area contributed by atoms with E-state index in [1.165, 1.54) is 51.4 Å². The summed E-state index contributed by atoms with van der Waals surface area (Å²) in [4.78, 5) is 0. The van der Waals surface area contributed by atoms with Crippen LogP contribution in [0.15, 0.2) is 0 Å². The second-order valence-corrected chi connectivity index (χ2v) is 13.6. The second kappa shape index (κ2) is 6.93. The lowest BCUT2D eigenvalue weighted by molar-refractivity contribution is -0.310. The van der Waals surface area contributed by atoms with Crippen molar-refractivity contribution in [2.45, 2.75) is 109 Å². The van der Waals surface area contributed by atoms with E-state index >= 15 is 0 Å². The maximum absolute atomic E-state index is 11.6. The summed E-state index contributed by atoms with van der Waals surface area (Å²) in [5.41, 5.74) is 7.27. The number of piperidine rings is 1. The fourth-order valence-electron chi connectivity index (χ4n) is 10.8. The second-order valence-electron chi connectivity index (χ2n) is 13.6. The molecule has 4 heteroatoms. The quantitative estimate of drug-likeness (QED) is 0.536. The number of ether oxygens (including phenoxy) is 1. The van der Waals surface area contributed by atoms with Crippen molar-refractivity contribution in [1.29, 1.82) is 0 Å². The Kier molecular flexibility index (Phi) is 4.78. The number of nitrogens with two attached hydrogens (primary N) is 1. The zero-order chi connectivity index (χ0) is 21.8. The van der Waals surface area contributed by atoms with Crippen LogP contribution in [0.2, 0.25) is 0 Å². The number of aliphatic hydroxyl groups is 1. The van der Waals surface area contributed by atoms with Crippen molar-refractivity contribution in [2.75, 3.05) is 6.54 Å². The molecule has 13 atom stereocenters. The maximum Gasteiger partial charge on any atom is 0.181 e. The summed E-state index contributed by atoms with van der Waals surface area (Å²) >= 11 is 0. The molecule has 0 radical (unpaired) electrons. The van der Waals surface area contributed by atoms with E-state index in [9.17, 15) is 5.11 Å². The Morgan fingerprint density at radius 2 is 1.74 bits per heavy atom. The molecule has 2 saturated heterocycles. The van der Waals surface area contributed by atoms with Gasteiger partial charge in [0, 0.05) is 12.5 Å². The fourth-order valence-corrected chi connectivity index (χ4v) is 10.8. The highest BCUT2D eigenvalue weighted by Crippen LogP contribution is 2.69. The van der Waals surface area contributed by atoms with Gasteiger partial charge in [0.25, 0.3) is 0 Å². The molecule has 4 N–H and O–H groups in total. The summed E-state index contributed by atoms with van der Waals surface area (Å²) in [5.74, 6) is 3.88. The molecule has 4 nitrogen and oxygen atoms in total. The van der Waals surface area contributed by atoms with E-state index in [4.69, 9.17) is 10.5 Å². The molecule has 2 aliphatic heterocycles. The summed E-state index contributed by atoms with van der Waals surface area (Å²) in [7, 11) is 0. The SMILES string of the molecule is CC1C2NC[C@H](C)C[C@@]2(O)OC2C[C@H]3C4CC[C@H]5C[C@@H](N)CC[C@]5(C)C4CC[C@]3(C)C21. The van der Waals surface area contributed by atoms with E-state index in [1.807, 2.05) is 0 Å². The molecule has 0 bridgehead atoms. The van der Waals surface area contributed by atoms with Crippen molar-refractivity contribution in [3.05, 3.63) is 0 Å². The van der Waals surface area contributed by atoms with E-state index in [2.05, 4.69) is 33.0 Å². The molecule has 0 amide bonds. The van der Waals surface area contributed by atoms with E-state index in [0.29, 0.717) is 34.6 Å². The van der Waals surface area contributed by atoms with Crippen LogP contribution in [0, 0.1) is 52.3 Å². The van der Waals surface area contributed by atoms with Crippen molar-refractivity contribution in [2.24, 2.45) is 58.0 Å². The van der Waals surface area contributed by atoms with Gasteiger partial charge in [-0.3, -0.25) is 0 Å². The monoisotopic (exact) mass is 430 g/mol. The third kappa shape index (κ3) is 2.87. The Morgan fingerprint density at radius 1 is 0.968 bits per heavy atom. The smallest absolute Gasteiger partial charge is 0.181 e. The van der Waals surface area contributed by atoms with Gasteiger partial charge in [-0.15, -0.1) is 0 Å². The molecular weight excluding hydrogens is 384 g/mol. The Morgan fingerprint density at radius 3 is 2.55 bits per heavy atom. The zero-order valence-corrected chi connectivity index (χ0v) is 20.3. The molecule has 4 saturated carbocycles. The summed E-state index contributed by atoms with van der Waals surface area (Å²) in [6.45, 7) is 10.9. The van der Waals surface area contributed by atoms with Gasteiger partial charge >= 0.3 is 0 Å². The summed E-state index contributed by atoms with van der Waals surface area (Å²) < 4.78 is 6.70. The molecule has 0 aromatic rings. The molecule has 4 aliphatic carbocycles. The molecule has 6 fully saturated rings. The highest BCUT2D eigenvalue weighted by atomic mass is 16.6. The summed E-state index contributed by atoms with van der Waals surface area (Å²) in [6, 6.07) is 0.525. The maximum atomic E-state index is 11.6. The Balaban J connectivity index is 1.30. The van der Waals surface area contributed by atoms with Crippen LogP contribution in [0.25, 0.3) is 0 Å². The highest BCUT2D eigenvalue weighted by Gasteiger charge is 2.67. The molecule has 0 aromatic heterocycles. The largest absolute Gasteiger partial charge is 0.364 e. The molecule has 0 aromatic carbocycles. The average molecular weight is 431 g/mol. The fraction of sp³-hybridized carbons (Fsp3) is 1.00. The van der Waals surface area contributed by atoms with Crippen LogP contribution in [0.4, 0.5) is 0 Å². The van der Waals surface area contributed by atoms with Gasteiger partial charge in [-0.05, 0) is 110 Å². The third-order valence-corrected chi connectivity index (χ3v) is 12.1. The summed E-state index contributed by atoms with van der Waals surface area (Å²) in [5, 5.41) is 15.3. The Labute approximate surface area is 189 Å². The molecule has 6 unspecified atom stereocenters. The van der Waals surface area contributed by atoms with Crippen LogP contribution >= 0.6 is 0 Å². The number of nitrogens with one attached hydrogen (secondary N) is 1. The van der Waals surface area contributed by atoms with E-state index < -0.39 is 5.79 Å². The third-order valence-electron chi connectivity index (χ3n) is 12.1. The van der Waals surface area contributed by atoms with Gasteiger partial charge in [0.2, 0.25) is 0 Å². The van der Waals surface area contributed by atoms with Crippen LogP contribution < -0.4 is 11.1 Å². The molecule has 6 rings (SSSR count). The van der Waals surface area contributed by atoms with Gasteiger partial charge in [-0.1, -0.05) is 27.7 Å². The lowest BCUT2D eigenvalue weighted by atomic mass is 9.44. The minimum Gasteiger partial charge on any atom is -0.364 e. The first-order valence-electron chi connectivity index (χ1n) is 13.5. The van der Waals surface area contributed by atoms with Crippen LogP contribution in [0.3, 0.4) is 0 Å². The van der Waals surface area contributed by atoms with Crippen molar-refractivity contribution in [3.8, 4) is 0 Å². The molecule has 176 valence electrons. The van der Waals surface area contributed by atoms with Gasteiger partial charge in [0.05, 0.1) is 12.1 Å². The number of hydrogen-bond acceptors (Lipinski definition) is 4. The minimum atomic E-state index is -0.968. The van der Waals surface area contributed by atoms with Crippen molar-refractivity contribution in [3.63, 3.8) is 0 Å². The lowest BCUT2D eigenvalue weighted by Gasteiger charge is -2.62. The predicted octanol–water partition coefficient (Wildman–Crippen LogP) is 4.30. The van der Waals surface area contributed by atoms with Gasteiger partial charge in [0.15, 0.2) is 5.79 Å². The first-order valence-corrected chi connectivity index (χ1v) is 13.5. The molecule has 2 heterocycles. The van der Waals surface area contributed by atoms with E-state index in [1.54, 1.807) is 0 Å². The minimum absolute atomic E-state index is 0.0892. The molecule has 31 heavy (non-hydrogen) atoms. The van der Waals surface area contributed by atoms with Gasteiger partial charge in [-0.2, -0.15) is 0 Å². The van der Waals surface area contributed by atoms with Crippen molar-refractivity contribution in [1.82, 2.24) is 5.32 Å². The molecular formula is C27H46N2O2. The van der Waals surface area contributed by atoms with Crippen molar-refractivity contribution >= 4 is 0 Å². The Hall–Kier alpha value is -0.160. The van der Waals surface area contributed by atoms with Gasteiger partial charge in [0.1, 0.15) is 0 Å².